The number of benzene rings is 1. The Balaban J connectivity index is 1.63. The third kappa shape index (κ3) is 3.22. The Morgan fingerprint density at radius 2 is 2.04 bits per heavy atom. The number of nitrogens with one attached hydrogen (secondary N) is 1. The number of anilines is 1. The lowest BCUT2D eigenvalue weighted by molar-refractivity contribution is 0.102. The molecule has 4 rings (SSSR count). The zero-order valence-corrected chi connectivity index (χ0v) is 14.4. The Morgan fingerprint density at radius 3 is 2.88 bits per heavy atom. The standard InChI is InChI=1S/C18H11ClN4OS/c19-16-13(5-2-7-21-16)17(24)22-12-4-1-3-11(9-12)18-23-14-6-8-20-10-15(14)25-18/h1-10H,(H,22,24). The molecule has 5 nitrogen and oxygen atoms in total. The SMILES string of the molecule is O=C(Nc1cccc(-c2nc3ccncc3s2)c1)c1cccnc1Cl. The van der Waals surface area contributed by atoms with Gasteiger partial charge >= 0.3 is 0 Å². The van der Waals surface area contributed by atoms with Crippen molar-refractivity contribution in [3.8, 4) is 10.6 Å². The van der Waals surface area contributed by atoms with Crippen LogP contribution >= 0.6 is 22.9 Å². The fourth-order valence-corrected chi connectivity index (χ4v) is 3.52. The smallest absolute Gasteiger partial charge is 0.258 e. The quantitative estimate of drug-likeness (QED) is 0.535. The van der Waals surface area contributed by atoms with Crippen LogP contribution in [0.1, 0.15) is 10.4 Å². The molecule has 0 aliphatic rings. The van der Waals surface area contributed by atoms with Crippen LogP contribution in [-0.2, 0) is 0 Å². The van der Waals surface area contributed by atoms with Crippen molar-refractivity contribution in [2.45, 2.75) is 0 Å². The molecule has 25 heavy (non-hydrogen) atoms. The van der Waals surface area contributed by atoms with Crippen molar-refractivity contribution < 1.29 is 4.79 Å². The Bertz CT molecular complexity index is 1050. The van der Waals surface area contributed by atoms with Crippen molar-refractivity contribution >= 4 is 44.7 Å². The van der Waals surface area contributed by atoms with E-state index in [1.165, 1.54) is 0 Å². The summed E-state index contributed by atoms with van der Waals surface area (Å²) in [7, 11) is 0. The van der Waals surface area contributed by atoms with Gasteiger partial charge in [0.1, 0.15) is 10.2 Å². The van der Waals surface area contributed by atoms with E-state index in [0.717, 1.165) is 20.8 Å². The number of rotatable bonds is 3. The van der Waals surface area contributed by atoms with Crippen molar-refractivity contribution in [1.29, 1.82) is 0 Å². The zero-order chi connectivity index (χ0) is 17.2. The highest BCUT2D eigenvalue weighted by molar-refractivity contribution is 7.21. The highest BCUT2D eigenvalue weighted by Gasteiger charge is 2.12. The van der Waals surface area contributed by atoms with Crippen LogP contribution in [0.15, 0.2) is 61.1 Å². The van der Waals surface area contributed by atoms with Crippen LogP contribution < -0.4 is 5.32 Å². The number of carbonyl (C=O) groups excluding carboxylic acids is 1. The van der Waals surface area contributed by atoms with Crippen LogP contribution in [0.25, 0.3) is 20.8 Å². The number of hydrogen-bond acceptors (Lipinski definition) is 5. The summed E-state index contributed by atoms with van der Waals surface area (Å²) in [5, 5.41) is 3.89. The second-order valence-electron chi connectivity index (χ2n) is 5.24. The highest BCUT2D eigenvalue weighted by atomic mass is 35.5. The Kier molecular flexibility index (Phi) is 4.13. The van der Waals surface area contributed by atoms with Crippen LogP contribution in [0, 0.1) is 0 Å². The van der Waals surface area contributed by atoms with Gasteiger partial charge in [0, 0.05) is 29.8 Å². The molecule has 0 aliphatic heterocycles. The van der Waals surface area contributed by atoms with E-state index < -0.39 is 0 Å². The molecule has 0 radical (unpaired) electrons. The summed E-state index contributed by atoms with van der Waals surface area (Å²) in [5.41, 5.74) is 2.84. The Hall–Kier alpha value is -2.83. The summed E-state index contributed by atoms with van der Waals surface area (Å²) >= 11 is 7.53. The Labute approximate surface area is 152 Å². The maximum Gasteiger partial charge on any atom is 0.258 e. The lowest BCUT2D eigenvalue weighted by Gasteiger charge is -2.07. The van der Waals surface area contributed by atoms with Gasteiger partial charge in [-0.25, -0.2) is 9.97 Å². The first-order chi connectivity index (χ1) is 12.2. The molecule has 0 spiro atoms. The van der Waals surface area contributed by atoms with Crippen molar-refractivity contribution in [3.05, 3.63) is 71.8 Å². The number of nitrogens with zero attached hydrogens (tertiary/aromatic N) is 3. The van der Waals surface area contributed by atoms with E-state index in [1.807, 2.05) is 30.3 Å². The topological polar surface area (TPSA) is 67.8 Å². The van der Waals surface area contributed by atoms with Gasteiger partial charge in [0.05, 0.1) is 15.8 Å². The number of carbonyl (C=O) groups is 1. The average molecular weight is 367 g/mol. The van der Waals surface area contributed by atoms with E-state index in [1.54, 1.807) is 42.1 Å². The molecule has 1 amide bonds. The number of fused-ring (bicyclic) bond motifs is 1. The summed E-state index contributed by atoms with van der Waals surface area (Å²) in [6.45, 7) is 0. The molecule has 0 aliphatic carbocycles. The number of hydrogen-bond donors (Lipinski definition) is 1. The second-order valence-corrected chi connectivity index (χ2v) is 6.63. The fraction of sp³-hybridized carbons (Fsp3) is 0. The summed E-state index contributed by atoms with van der Waals surface area (Å²) in [4.78, 5) is 25.0. The van der Waals surface area contributed by atoms with E-state index in [4.69, 9.17) is 11.6 Å². The predicted octanol–water partition coefficient (Wildman–Crippen LogP) is 4.66. The van der Waals surface area contributed by atoms with E-state index in [2.05, 4.69) is 20.3 Å². The van der Waals surface area contributed by atoms with E-state index >= 15 is 0 Å². The number of thiazole rings is 1. The van der Waals surface area contributed by atoms with Crippen molar-refractivity contribution in [2.75, 3.05) is 5.32 Å². The van der Waals surface area contributed by atoms with Crippen molar-refractivity contribution in [2.24, 2.45) is 0 Å². The van der Waals surface area contributed by atoms with Crippen LogP contribution in [0.2, 0.25) is 5.15 Å². The van der Waals surface area contributed by atoms with Gasteiger partial charge in [-0.3, -0.25) is 9.78 Å². The van der Waals surface area contributed by atoms with Gasteiger partial charge in [0.15, 0.2) is 0 Å². The average Bonchev–Trinajstić information content (AvgIpc) is 3.06. The molecule has 0 bridgehead atoms. The minimum absolute atomic E-state index is 0.176. The molecule has 7 heteroatoms. The van der Waals surface area contributed by atoms with Gasteiger partial charge in [-0.05, 0) is 30.3 Å². The largest absolute Gasteiger partial charge is 0.322 e. The predicted molar refractivity (Wildman–Crippen MR) is 100 cm³/mol. The lowest BCUT2D eigenvalue weighted by Crippen LogP contribution is -2.12. The monoisotopic (exact) mass is 366 g/mol. The Morgan fingerprint density at radius 1 is 1.12 bits per heavy atom. The fourth-order valence-electron chi connectivity index (χ4n) is 2.39. The van der Waals surface area contributed by atoms with Crippen molar-refractivity contribution in [3.63, 3.8) is 0 Å². The number of aromatic nitrogens is 3. The molecule has 1 N–H and O–H groups in total. The molecular weight excluding hydrogens is 356 g/mol. The molecule has 0 unspecified atom stereocenters. The number of halogens is 1. The van der Waals surface area contributed by atoms with Gasteiger partial charge < -0.3 is 5.32 Å². The van der Waals surface area contributed by atoms with Gasteiger partial charge in [-0.1, -0.05) is 23.7 Å². The van der Waals surface area contributed by atoms with E-state index in [0.29, 0.717) is 11.3 Å². The molecule has 1 aromatic carbocycles. The summed E-state index contributed by atoms with van der Waals surface area (Å²) < 4.78 is 1.02. The number of pyridine rings is 2. The van der Waals surface area contributed by atoms with Gasteiger partial charge in [0.25, 0.3) is 5.91 Å². The summed E-state index contributed by atoms with van der Waals surface area (Å²) in [5.74, 6) is -0.302. The molecule has 3 aromatic heterocycles. The van der Waals surface area contributed by atoms with Crippen LogP contribution in [-0.4, -0.2) is 20.9 Å². The first kappa shape index (κ1) is 15.7. The second kappa shape index (κ2) is 6.58. The molecule has 0 fully saturated rings. The first-order valence-corrected chi connectivity index (χ1v) is 8.63. The summed E-state index contributed by atoms with van der Waals surface area (Å²) in [6, 6.07) is 12.7. The van der Waals surface area contributed by atoms with Gasteiger partial charge in [0.2, 0.25) is 0 Å². The zero-order valence-electron chi connectivity index (χ0n) is 12.8. The van der Waals surface area contributed by atoms with Crippen LogP contribution in [0.5, 0.6) is 0 Å². The van der Waals surface area contributed by atoms with Gasteiger partial charge in [-0.15, -0.1) is 11.3 Å². The normalized spacial score (nSPS) is 10.8. The highest BCUT2D eigenvalue weighted by Crippen LogP contribution is 2.30. The van der Waals surface area contributed by atoms with E-state index in [-0.39, 0.29) is 11.1 Å². The van der Waals surface area contributed by atoms with Crippen molar-refractivity contribution in [1.82, 2.24) is 15.0 Å². The molecule has 0 saturated heterocycles. The van der Waals surface area contributed by atoms with Gasteiger partial charge in [-0.2, -0.15) is 0 Å². The minimum Gasteiger partial charge on any atom is -0.322 e. The minimum atomic E-state index is -0.302. The molecule has 0 atom stereocenters. The number of amides is 1. The maximum absolute atomic E-state index is 12.4. The third-order valence-corrected chi connectivity index (χ3v) is 4.92. The molecule has 3 heterocycles. The summed E-state index contributed by atoms with van der Waals surface area (Å²) in [6.07, 6.45) is 5.06. The van der Waals surface area contributed by atoms with Crippen LogP contribution in [0.4, 0.5) is 5.69 Å². The molecular formula is C18H11ClN4OS. The molecule has 4 aromatic rings. The molecule has 122 valence electrons. The van der Waals surface area contributed by atoms with E-state index in [9.17, 15) is 4.79 Å². The first-order valence-electron chi connectivity index (χ1n) is 7.43. The maximum atomic E-state index is 12.4. The lowest BCUT2D eigenvalue weighted by atomic mass is 10.2. The van der Waals surface area contributed by atoms with Crippen LogP contribution in [0.3, 0.4) is 0 Å². The third-order valence-electron chi connectivity index (χ3n) is 3.56. The molecule has 0 saturated carbocycles.